The van der Waals surface area contributed by atoms with Crippen molar-refractivity contribution in [2.24, 2.45) is 11.8 Å². The Balaban J connectivity index is 1.73. The summed E-state index contributed by atoms with van der Waals surface area (Å²) in [6.45, 7) is 1.70. The van der Waals surface area contributed by atoms with Crippen LogP contribution in [0.5, 0.6) is 0 Å². The Morgan fingerprint density at radius 3 is 2.78 bits per heavy atom. The van der Waals surface area contributed by atoms with Gasteiger partial charge < -0.3 is 15.5 Å². The van der Waals surface area contributed by atoms with Gasteiger partial charge >= 0.3 is 0 Å². The Morgan fingerprint density at radius 1 is 1.22 bits per heavy atom. The van der Waals surface area contributed by atoms with Gasteiger partial charge in [0.15, 0.2) is 0 Å². The maximum absolute atomic E-state index is 12.4. The van der Waals surface area contributed by atoms with Crippen molar-refractivity contribution in [3.05, 3.63) is 0 Å². The molecule has 0 aromatic heterocycles. The lowest BCUT2D eigenvalue weighted by Crippen LogP contribution is -2.51. The Morgan fingerprint density at radius 2 is 2.06 bits per heavy atom. The first kappa shape index (κ1) is 11.5. The van der Waals surface area contributed by atoms with E-state index in [1.165, 1.54) is 0 Å². The summed E-state index contributed by atoms with van der Waals surface area (Å²) in [7, 11) is 0. The topological polar surface area (TPSA) is 78.5 Å². The molecular formula is C12H17N3O3. The minimum Gasteiger partial charge on any atom is -0.355 e. The number of fused-ring (bicyclic) bond motifs is 1. The normalized spacial score (nSPS) is 35.1. The van der Waals surface area contributed by atoms with E-state index in [0.717, 1.165) is 12.8 Å². The number of carbonyl (C=O) groups excluding carboxylic acids is 3. The van der Waals surface area contributed by atoms with Crippen molar-refractivity contribution in [3.8, 4) is 0 Å². The molecule has 3 amide bonds. The molecule has 2 N–H and O–H groups in total. The number of hydrogen-bond acceptors (Lipinski definition) is 3. The van der Waals surface area contributed by atoms with Crippen LogP contribution in [0.1, 0.15) is 19.3 Å². The minimum atomic E-state index is -0.244. The van der Waals surface area contributed by atoms with Crippen LogP contribution in [-0.4, -0.2) is 48.3 Å². The second-order valence-electron chi connectivity index (χ2n) is 5.30. The van der Waals surface area contributed by atoms with Gasteiger partial charge in [0.05, 0.1) is 17.9 Å². The van der Waals surface area contributed by atoms with Crippen LogP contribution in [0.25, 0.3) is 0 Å². The second kappa shape index (κ2) is 4.26. The summed E-state index contributed by atoms with van der Waals surface area (Å²) < 4.78 is 0. The maximum Gasteiger partial charge on any atom is 0.228 e. The zero-order valence-electron chi connectivity index (χ0n) is 10.1. The molecule has 0 bridgehead atoms. The first-order valence-corrected chi connectivity index (χ1v) is 6.51. The quantitative estimate of drug-likeness (QED) is 0.618. The number of piperidine rings is 1. The average Bonchev–Trinajstić information content (AvgIpc) is 2.96. The molecule has 0 spiro atoms. The molecule has 3 aliphatic rings. The fourth-order valence-electron chi connectivity index (χ4n) is 3.24. The van der Waals surface area contributed by atoms with Crippen molar-refractivity contribution in [3.63, 3.8) is 0 Å². The summed E-state index contributed by atoms with van der Waals surface area (Å²) in [5.41, 5.74) is 0. The van der Waals surface area contributed by atoms with E-state index < -0.39 is 0 Å². The number of likely N-dealkylation sites (tertiary alicyclic amines) is 1. The third-order valence-corrected chi connectivity index (χ3v) is 4.21. The van der Waals surface area contributed by atoms with E-state index in [-0.39, 0.29) is 42.0 Å². The standard InChI is InChI=1S/C12H17N3O3/c16-10-4-7(5-13-10)12(18)15-3-1-2-8-9(15)6-14-11(8)17/h7-9H,1-6H2,(H,13,16)(H,14,17). The highest BCUT2D eigenvalue weighted by molar-refractivity contribution is 5.90. The maximum atomic E-state index is 12.4. The Bertz CT molecular complexity index is 409. The largest absolute Gasteiger partial charge is 0.355 e. The molecule has 0 aromatic carbocycles. The fourth-order valence-corrected chi connectivity index (χ4v) is 3.24. The van der Waals surface area contributed by atoms with E-state index >= 15 is 0 Å². The van der Waals surface area contributed by atoms with Gasteiger partial charge in [-0.25, -0.2) is 0 Å². The van der Waals surface area contributed by atoms with Crippen molar-refractivity contribution in [1.29, 1.82) is 0 Å². The monoisotopic (exact) mass is 251 g/mol. The lowest BCUT2D eigenvalue weighted by molar-refractivity contribution is -0.141. The molecule has 3 unspecified atom stereocenters. The van der Waals surface area contributed by atoms with Crippen LogP contribution in [0.3, 0.4) is 0 Å². The number of hydrogen-bond donors (Lipinski definition) is 2. The Hall–Kier alpha value is -1.59. The lowest BCUT2D eigenvalue weighted by Gasteiger charge is -2.37. The van der Waals surface area contributed by atoms with Gasteiger partial charge in [0.1, 0.15) is 0 Å². The molecule has 0 aliphatic carbocycles. The van der Waals surface area contributed by atoms with Gasteiger partial charge in [-0.3, -0.25) is 14.4 Å². The molecule has 3 aliphatic heterocycles. The van der Waals surface area contributed by atoms with Crippen LogP contribution in [0, 0.1) is 11.8 Å². The van der Waals surface area contributed by atoms with E-state index in [4.69, 9.17) is 0 Å². The molecule has 18 heavy (non-hydrogen) atoms. The van der Waals surface area contributed by atoms with Gasteiger partial charge in [0, 0.05) is 26.1 Å². The van der Waals surface area contributed by atoms with Crippen LogP contribution in [-0.2, 0) is 14.4 Å². The van der Waals surface area contributed by atoms with Crippen LogP contribution in [0.15, 0.2) is 0 Å². The molecule has 6 heteroatoms. The van der Waals surface area contributed by atoms with Gasteiger partial charge in [-0.1, -0.05) is 0 Å². The fraction of sp³-hybridized carbons (Fsp3) is 0.750. The molecule has 3 heterocycles. The Kier molecular flexibility index (Phi) is 2.72. The highest BCUT2D eigenvalue weighted by Gasteiger charge is 2.44. The molecular weight excluding hydrogens is 234 g/mol. The summed E-state index contributed by atoms with van der Waals surface area (Å²) in [5, 5.41) is 5.52. The lowest BCUT2D eigenvalue weighted by atomic mass is 9.90. The summed E-state index contributed by atoms with van der Waals surface area (Å²) in [6.07, 6.45) is 2.02. The molecule has 3 fully saturated rings. The SMILES string of the molecule is O=C1CC(C(=O)N2CCCC3C(=O)NCC32)CN1. The van der Waals surface area contributed by atoms with E-state index in [1.807, 2.05) is 4.90 Å². The van der Waals surface area contributed by atoms with E-state index in [1.54, 1.807) is 0 Å². The van der Waals surface area contributed by atoms with E-state index in [9.17, 15) is 14.4 Å². The molecule has 0 saturated carbocycles. The predicted octanol–water partition coefficient (Wildman–Crippen LogP) is -1.14. The first-order valence-electron chi connectivity index (χ1n) is 6.51. The molecule has 0 aromatic rings. The zero-order valence-corrected chi connectivity index (χ0v) is 10.1. The molecule has 98 valence electrons. The minimum absolute atomic E-state index is 0.00514. The van der Waals surface area contributed by atoms with E-state index in [0.29, 0.717) is 19.6 Å². The molecule has 0 radical (unpaired) electrons. The summed E-state index contributed by atoms with van der Waals surface area (Å²) >= 11 is 0. The zero-order chi connectivity index (χ0) is 12.7. The molecule has 6 nitrogen and oxygen atoms in total. The highest BCUT2D eigenvalue weighted by atomic mass is 16.2. The van der Waals surface area contributed by atoms with Gasteiger partial charge in [0.25, 0.3) is 0 Å². The van der Waals surface area contributed by atoms with Gasteiger partial charge in [-0.2, -0.15) is 0 Å². The third-order valence-electron chi connectivity index (χ3n) is 4.21. The van der Waals surface area contributed by atoms with Crippen molar-refractivity contribution in [1.82, 2.24) is 15.5 Å². The predicted molar refractivity (Wildman–Crippen MR) is 62.4 cm³/mol. The van der Waals surface area contributed by atoms with Crippen LogP contribution >= 0.6 is 0 Å². The number of nitrogens with one attached hydrogen (secondary N) is 2. The van der Waals surface area contributed by atoms with Crippen molar-refractivity contribution in [2.75, 3.05) is 19.6 Å². The van der Waals surface area contributed by atoms with Crippen molar-refractivity contribution < 1.29 is 14.4 Å². The molecule has 3 saturated heterocycles. The van der Waals surface area contributed by atoms with Crippen LogP contribution in [0.2, 0.25) is 0 Å². The van der Waals surface area contributed by atoms with Crippen molar-refractivity contribution in [2.45, 2.75) is 25.3 Å². The molecule has 3 rings (SSSR count). The number of carbonyl (C=O) groups is 3. The van der Waals surface area contributed by atoms with Gasteiger partial charge in [0.2, 0.25) is 17.7 Å². The summed E-state index contributed by atoms with van der Waals surface area (Å²) in [5.74, 6) is -0.250. The smallest absolute Gasteiger partial charge is 0.228 e. The van der Waals surface area contributed by atoms with Crippen molar-refractivity contribution >= 4 is 17.7 Å². The number of amides is 3. The first-order chi connectivity index (χ1) is 8.66. The third kappa shape index (κ3) is 1.76. The highest BCUT2D eigenvalue weighted by Crippen LogP contribution is 2.29. The summed E-state index contributed by atoms with van der Waals surface area (Å²) in [4.78, 5) is 37.0. The van der Waals surface area contributed by atoms with Crippen LogP contribution in [0.4, 0.5) is 0 Å². The number of nitrogens with zero attached hydrogens (tertiary/aromatic N) is 1. The summed E-state index contributed by atoms with van der Waals surface area (Å²) in [6, 6.07) is -0.00514. The average molecular weight is 251 g/mol. The number of rotatable bonds is 1. The van der Waals surface area contributed by atoms with Gasteiger partial charge in [-0.05, 0) is 12.8 Å². The van der Waals surface area contributed by atoms with Gasteiger partial charge in [-0.15, -0.1) is 0 Å². The second-order valence-corrected chi connectivity index (χ2v) is 5.30. The van der Waals surface area contributed by atoms with E-state index in [2.05, 4.69) is 10.6 Å². The Labute approximate surface area is 105 Å². The molecule has 3 atom stereocenters. The van der Waals surface area contributed by atoms with Crippen LogP contribution < -0.4 is 10.6 Å².